The smallest absolute Gasteiger partial charge is 0.305 e. The highest BCUT2D eigenvalue weighted by molar-refractivity contribution is 5.69. The van der Waals surface area contributed by atoms with Crippen molar-refractivity contribution < 1.29 is 9.53 Å². The van der Waals surface area contributed by atoms with Crippen LogP contribution in [0.2, 0.25) is 0 Å². The fraction of sp³-hybridized carbons (Fsp3) is 0.562. The number of ether oxygens (including phenoxy) is 1. The van der Waals surface area contributed by atoms with Crippen molar-refractivity contribution >= 4 is 5.97 Å². The molecule has 0 saturated heterocycles. The first kappa shape index (κ1) is 14.7. The molecule has 0 N–H and O–H groups in total. The van der Waals surface area contributed by atoms with Crippen LogP contribution in [0.25, 0.3) is 0 Å². The van der Waals surface area contributed by atoms with Gasteiger partial charge in [0.25, 0.3) is 0 Å². The van der Waals surface area contributed by atoms with E-state index in [1.54, 1.807) is 0 Å². The van der Waals surface area contributed by atoms with Gasteiger partial charge in [0.1, 0.15) is 0 Å². The lowest BCUT2D eigenvalue weighted by Crippen LogP contribution is -2.16. The van der Waals surface area contributed by atoms with E-state index < -0.39 is 0 Å². The third-order valence-electron chi connectivity index (χ3n) is 3.24. The number of carbonyl (C=O) groups is 1. The van der Waals surface area contributed by atoms with Crippen LogP contribution in [-0.2, 0) is 16.0 Å². The molecule has 0 spiro atoms. The Kier molecular flexibility index (Phi) is 5.90. The quantitative estimate of drug-likeness (QED) is 0.682. The first-order valence-electron chi connectivity index (χ1n) is 6.73. The molecule has 0 amide bonds. The zero-order valence-corrected chi connectivity index (χ0v) is 11.7. The lowest BCUT2D eigenvalue weighted by atomic mass is 9.82. The molecule has 2 heteroatoms. The van der Waals surface area contributed by atoms with Gasteiger partial charge in [-0.05, 0) is 37.2 Å². The second kappa shape index (κ2) is 7.20. The van der Waals surface area contributed by atoms with Gasteiger partial charge in [-0.25, -0.2) is 0 Å². The van der Waals surface area contributed by atoms with Crippen LogP contribution >= 0.6 is 0 Å². The molecule has 2 nitrogen and oxygen atoms in total. The summed E-state index contributed by atoms with van der Waals surface area (Å²) < 4.78 is 4.96. The van der Waals surface area contributed by atoms with Gasteiger partial charge in [0.15, 0.2) is 0 Å². The third-order valence-corrected chi connectivity index (χ3v) is 3.24. The largest absolute Gasteiger partial charge is 0.466 e. The molecule has 1 aromatic rings. The van der Waals surface area contributed by atoms with Crippen LogP contribution in [0.3, 0.4) is 0 Å². The average Bonchev–Trinajstić information content (AvgIpc) is 2.36. The van der Waals surface area contributed by atoms with Crippen LogP contribution < -0.4 is 0 Å². The van der Waals surface area contributed by atoms with Crippen molar-refractivity contribution in [1.29, 1.82) is 0 Å². The van der Waals surface area contributed by atoms with Crippen LogP contribution in [0.5, 0.6) is 0 Å². The van der Waals surface area contributed by atoms with Crippen LogP contribution in [0.1, 0.15) is 45.6 Å². The van der Waals surface area contributed by atoms with Gasteiger partial charge in [-0.3, -0.25) is 4.79 Å². The molecule has 1 aromatic carbocycles. The minimum Gasteiger partial charge on any atom is -0.466 e. The SMILES string of the molecule is CCOC(=O)CCC(C)(C)CCc1ccccc1. The van der Waals surface area contributed by atoms with Crippen LogP contribution in [0, 0.1) is 5.41 Å². The molecular weight excluding hydrogens is 224 g/mol. The molecule has 0 fully saturated rings. The lowest BCUT2D eigenvalue weighted by Gasteiger charge is -2.24. The molecule has 0 aromatic heterocycles. The summed E-state index contributed by atoms with van der Waals surface area (Å²) in [6.07, 6.45) is 3.57. The molecule has 0 unspecified atom stereocenters. The van der Waals surface area contributed by atoms with Gasteiger partial charge in [-0.1, -0.05) is 44.2 Å². The third kappa shape index (κ3) is 5.85. The van der Waals surface area contributed by atoms with E-state index in [0.717, 1.165) is 19.3 Å². The first-order valence-corrected chi connectivity index (χ1v) is 6.73. The van der Waals surface area contributed by atoms with Crippen molar-refractivity contribution in [2.24, 2.45) is 5.41 Å². The molecule has 0 heterocycles. The second-order valence-corrected chi connectivity index (χ2v) is 5.45. The summed E-state index contributed by atoms with van der Waals surface area (Å²) in [7, 11) is 0. The van der Waals surface area contributed by atoms with Crippen LogP contribution in [0.4, 0.5) is 0 Å². The van der Waals surface area contributed by atoms with E-state index in [0.29, 0.717) is 13.0 Å². The van der Waals surface area contributed by atoms with E-state index in [1.807, 2.05) is 13.0 Å². The maximum atomic E-state index is 11.3. The fourth-order valence-electron chi connectivity index (χ4n) is 1.93. The Bertz CT molecular complexity index is 355. The minimum absolute atomic E-state index is 0.0784. The van der Waals surface area contributed by atoms with E-state index in [9.17, 15) is 4.79 Å². The van der Waals surface area contributed by atoms with Crippen molar-refractivity contribution in [2.75, 3.05) is 6.61 Å². The molecule has 100 valence electrons. The van der Waals surface area contributed by atoms with Crippen LogP contribution in [-0.4, -0.2) is 12.6 Å². The Morgan fingerprint density at radius 1 is 1.17 bits per heavy atom. The predicted octanol–water partition coefficient (Wildman–Crippen LogP) is 3.99. The number of esters is 1. The molecule has 0 radical (unpaired) electrons. The van der Waals surface area contributed by atoms with Gasteiger partial charge in [-0.15, -0.1) is 0 Å². The van der Waals surface area contributed by atoms with Crippen molar-refractivity contribution in [2.45, 2.75) is 46.5 Å². The Balaban J connectivity index is 2.33. The number of rotatable bonds is 7. The topological polar surface area (TPSA) is 26.3 Å². The number of hydrogen-bond acceptors (Lipinski definition) is 2. The normalized spacial score (nSPS) is 11.3. The summed E-state index contributed by atoms with van der Waals surface area (Å²) in [5, 5.41) is 0. The summed E-state index contributed by atoms with van der Waals surface area (Å²) in [5.74, 6) is -0.0784. The average molecular weight is 248 g/mol. The van der Waals surface area contributed by atoms with Gasteiger partial charge in [-0.2, -0.15) is 0 Å². The standard InChI is InChI=1S/C16H24O2/c1-4-18-15(17)11-13-16(2,3)12-10-14-8-6-5-7-9-14/h5-9H,4,10-13H2,1-3H3. The zero-order chi connectivity index (χ0) is 13.4. The van der Waals surface area contributed by atoms with E-state index in [2.05, 4.69) is 38.1 Å². The maximum Gasteiger partial charge on any atom is 0.305 e. The number of benzene rings is 1. The molecule has 1 rings (SSSR count). The first-order chi connectivity index (χ1) is 8.53. The molecule has 0 aliphatic carbocycles. The highest BCUT2D eigenvalue weighted by Crippen LogP contribution is 2.28. The number of carbonyl (C=O) groups excluding carboxylic acids is 1. The van der Waals surface area contributed by atoms with Crippen molar-refractivity contribution in [3.05, 3.63) is 35.9 Å². The summed E-state index contributed by atoms with van der Waals surface area (Å²) in [4.78, 5) is 11.3. The molecule has 0 aliphatic rings. The Hall–Kier alpha value is -1.31. The van der Waals surface area contributed by atoms with E-state index in [1.165, 1.54) is 5.56 Å². The van der Waals surface area contributed by atoms with E-state index >= 15 is 0 Å². The summed E-state index contributed by atoms with van der Waals surface area (Å²) in [5.41, 5.74) is 1.55. The summed E-state index contributed by atoms with van der Waals surface area (Å²) >= 11 is 0. The monoisotopic (exact) mass is 248 g/mol. The zero-order valence-electron chi connectivity index (χ0n) is 11.7. The molecular formula is C16H24O2. The summed E-state index contributed by atoms with van der Waals surface area (Å²) in [6, 6.07) is 10.5. The van der Waals surface area contributed by atoms with Gasteiger partial charge >= 0.3 is 5.97 Å². The van der Waals surface area contributed by atoms with Crippen molar-refractivity contribution in [1.82, 2.24) is 0 Å². The highest BCUT2D eigenvalue weighted by Gasteiger charge is 2.19. The van der Waals surface area contributed by atoms with Gasteiger partial charge in [0, 0.05) is 6.42 Å². The Morgan fingerprint density at radius 3 is 2.44 bits per heavy atom. The summed E-state index contributed by atoms with van der Waals surface area (Å²) in [6.45, 7) is 6.76. The molecule has 0 bridgehead atoms. The minimum atomic E-state index is -0.0784. The van der Waals surface area contributed by atoms with Gasteiger partial charge < -0.3 is 4.74 Å². The number of aryl methyl sites for hydroxylation is 1. The maximum absolute atomic E-state index is 11.3. The lowest BCUT2D eigenvalue weighted by molar-refractivity contribution is -0.143. The molecule has 0 saturated carbocycles. The van der Waals surface area contributed by atoms with E-state index in [-0.39, 0.29) is 11.4 Å². The van der Waals surface area contributed by atoms with Crippen molar-refractivity contribution in [3.8, 4) is 0 Å². The van der Waals surface area contributed by atoms with E-state index in [4.69, 9.17) is 4.74 Å². The number of hydrogen-bond donors (Lipinski definition) is 0. The van der Waals surface area contributed by atoms with Crippen molar-refractivity contribution in [3.63, 3.8) is 0 Å². The Morgan fingerprint density at radius 2 is 1.83 bits per heavy atom. The molecule has 0 aliphatic heterocycles. The Labute approximate surface area is 110 Å². The molecule has 18 heavy (non-hydrogen) atoms. The molecule has 0 atom stereocenters. The van der Waals surface area contributed by atoms with Gasteiger partial charge in [0.05, 0.1) is 6.61 Å². The second-order valence-electron chi connectivity index (χ2n) is 5.45. The fourth-order valence-corrected chi connectivity index (χ4v) is 1.93. The van der Waals surface area contributed by atoms with Crippen LogP contribution in [0.15, 0.2) is 30.3 Å². The predicted molar refractivity (Wildman–Crippen MR) is 74.4 cm³/mol. The van der Waals surface area contributed by atoms with Gasteiger partial charge in [0.2, 0.25) is 0 Å². The highest BCUT2D eigenvalue weighted by atomic mass is 16.5.